The predicted molar refractivity (Wildman–Crippen MR) is 241 cm³/mol. The number of hydrogen-bond acceptors (Lipinski definition) is 6. The topological polar surface area (TPSA) is 59.1 Å². The molecule has 0 bridgehead atoms. The average molecular weight is 791 g/mol. The van der Waals surface area contributed by atoms with Crippen LogP contribution in [0.5, 0.6) is 0 Å². The first-order valence-corrected chi connectivity index (χ1v) is 25.3. The van der Waals surface area contributed by atoms with Gasteiger partial charge in [0.1, 0.15) is 0 Å². The Morgan fingerprint density at radius 3 is 1.14 bits per heavy atom. The largest absolute Gasteiger partial charge is 0.465 e. The molecule has 0 radical (unpaired) electrons. The number of rotatable bonds is 43. The Morgan fingerprint density at radius 2 is 0.786 bits per heavy atom. The van der Waals surface area contributed by atoms with Gasteiger partial charge in [-0.05, 0) is 89.4 Å². The lowest BCUT2D eigenvalue weighted by Gasteiger charge is -2.23. The summed E-state index contributed by atoms with van der Waals surface area (Å²) < 4.78 is 12.0. The summed E-state index contributed by atoms with van der Waals surface area (Å²) in [5.74, 6) is 0.827. The van der Waals surface area contributed by atoms with Crippen molar-refractivity contribution in [2.24, 2.45) is 11.8 Å². The number of hydrogen-bond donors (Lipinski definition) is 0. The maximum Gasteiger partial charge on any atom is 0.307 e. The molecule has 6 nitrogen and oxygen atoms in total. The van der Waals surface area contributed by atoms with Crippen LogP contribution < -0.4 is 0 Å². The molecule has 0 aromatic carbocycles. The van der Waals surface area contributed by atoms with Gasteiger partial charge < -0.3 is 19.3 Å². The van der Waals surface area contributed by atoms with Crippen LogP contribution >= 0.6 is 0 Å². The lowest BCUT2D eigenvalue weighted by Crippen LogP contribution is -2.31. The van der Waals surface area contributed by atoms with Crippen LogP contribution in [0.2, 0.25) is 0 Å². The minimum atomic E-state index is -0.0715. The zero-order valence-corrected chi connectivity index (χ0v) is 38.4. The molecule has 0 atom stereocenters. The highest BCUT2D eigenvalue weighted by Gasteiger charge is 2.17. The zero-order valence-electron chi connectivity index (χ0n) is 38.4. The molecule has 0 amide bonds. The molecule has 1 heterocycles. The van der Waals surface area contributed by atoms with E-state index in [9.17, 15) is 9.59 Å². The lowest BCUT2D eigenvalue weighted by molar-refractivity contribution is -0.145. The normalized spacial score (nSPS) is 13.5. The molecule has 0 N–H and O–H groups in total. The highest BCUT2D eigenvalue weighted by Crippen LogP contribution is 2.22. The third-order valence-corrected chi connectivity index (χ3v) is 12.5. The summed E-state index contributed by atoms with van der Waals surface area (Å²) >= 11 is 0. The van der Waals surface area contributed by atoms with Crippen LogP contribution in [-0.4, -0.2) is 74.2 Å². The number of unbranched alkanes of at least 4 members (excludes halogenated alkanes) is 21. The van der Waals surface area contributed by atoms with Gasteiger partial charge in [0.25, 0.3) is 0 Å². The van der Waals surface area contributed by atoms with E-state index < -0.39 is 0 Å². The fourth-order valence-electron chi connectivity index (χ4n) is 8.55. The van der Waals surface area contributed by atoms with Gasteiger partial charge in [0.2, 0.25) is 0 Å². The fraction of sp³-hybridized carbons (Fsp3) is 0.960. The Kier molecular flexibility index (Phi) is 38.4. The van der Waals surface area contributed by atoms with Gasteiger partial charge in [0.05, 0.1) is 26.1 Å². The summed E-state index contributed by atoms with van der Waals surface area (Å²) in [4.78, 5) is 31.2. The van der Waals surface area contributed by atoms with E-state index in [4.69, 9.17) is 9.47 Å². The molecule has 0 spiro atoms. The molecule has 6 heteroatoms. The monoisotopic (exact) mass is 791 g/mol. The van der Waals surface area contributed by atoms with E-state index in [0.29, 0.717) is 51.0 Å². The zero-order chi connectivity index (χ0) is 40.6. The maximum absolute atomic E-state index is 13.1. The van der Waals surface area contributed by atoms with Crippen molar-refractivity contribution in [3.63, 3.8) is 0 Å². The molecule has 0 aliphatic carbocycles. The van der Waals surface area contributed by atoms with Crippen molar-refractivity contribution < 1.29 is 19.1 Å². The molecule has 1 rings (SSSR count). The van der Waals surface area contributed by atoms with Crippen LogP contribution in [0.3, 0.4) is 0 Å². The second-order valence-corrected chi connectivity index (χ2v) is 17.9. The number of carbonyl (C=O) groups is 2. The van der Waals surface area contributed by atoms with Crippen LogP contribution in [0.15, 0.2) is 0 Å². The highest BCUT2D eigenvalue weighted by atomic mass is 16.5. The second-order valence-electron chi connectivity index (χ2n) is 17.9. The molecule has 1 saturated heterocycles. The summed E-state index contributed by atoms with van der Waals surface area (Å²) in [7, 11) is 0. The molecule has 0 aromatic rings. The van der Waals surface area contributed by atoms with Crippen LogP contribution in [0.1, 0.15) is 246 Å². The smallest absolute Gasteiger partial charge is 0.307 e. The third-order valence-electron chi connectivity index (χ3n) is 12.5. The van der Waals surface area contributed by atoms with Gasteiger partial charge in [-0.1, -0.05) is 182 Å². The molecule has 1 fully saturated rings. The predicted octanol–water partition coefficient (Wildman–Crippen LogP) is 14.3. The van der Waals surface area contributed by atoms with Gasteiger partial charge in [0.15, 0.2) is 0 Å². The van der Waals surface area contributed by atoms with Crippen LogP contribution in [0, 0.1) is 11.8 Å². The summed E-state index contributed by atoms with van der Waals surface area (Å²) in [6, 6.07) is 0. The highest BCUT2D eigenvalue weighted by molar-refractivity contribution is 5.70. The molecule has 0 aromatic heterocycles. The van der Waals surface area contributed by atoms with Gasteiger partial charge in [0, 0.05) is 13.1 Å². The fourth-order valence-corrected chi connectivity index (χ4v) is 8.55. The van der Waals surface area contributed by atoms with E-state index in [0.717, 1.165) is 19.5 Å². The molecule has 1 aliphatic heterocycles. The van der Waals surface area contributed by atoms with Crippen molar-refractivity contribution in [3.8, 4) is 0 Å². The maximum atomic E-state index is 13.1. The number of nitrogens with zero attached hydrogens (tertiary/aromatic N) is 2. The number of ether oxygens (including phenoxy) is 2. The first kappa shape index (κ1) is 52.9. The molecule has 332 valence electrons. The minimum Gasteiger partial charge on any atom is -0.465 e. The van der Waals surface area contributed by atoms with Crippen LogP contribution in [-0.2, 0) is 19.1 Å². The van der Waals surface area contributed by atoms with Crippen molar-refractivity contribution in [3.05, 3.63) is 0 Å². The SMILES string of the molecule is CCCCCCCCC(CCCCCCCC)COC(=O)CCN(CCCCN1CCCC1)CCC(=O)OCC(CCCCCCCC)CCCCCCCC. The summed E-state index contributed by atoms with van der Waals surface area (Å²) in [5.41, 5.74) is 0. The van der Waals surface area contributed by atoms with Crippen molar-refractivity contribution in [1.29, 1.82) is 0 Å². The summed E-state index contributed by atoms with van der Waals surface area (Å²) in [6.45, 7) is 16.1. The Bertz CT molecular complexity index is 759. The van der Waals surface area contributed by atoms with Gasteiger partial charge in [-0.25, -0.2) is 0 Å². The van der Waals surface area contributed by atoms with E-state index in [-0.39, 0.29) is 11.9 Å². The van der Waals surface area contributed by atoms with Gasteiger partial charge >= 0.3 is 11.9 Å². The van der Waals surface area contributed by atoms with E-state index in [1.165, 1.54) is 212 Å². The molecule has 0 saturated carbocycles. The minimum absolute atomic E-state index is 0.0715. The molecule has 1 aliphatic rings. The molecular weight excluding hydrogens is 693 g/mol. The van der Waals surface area contributed by atoms with Gasteiger partial charge in [-0.15, -0.1) is 0 Å². The molecular formula is C50H98N2O4. The Balaban J connectivity index is 2.62. The van der Waals surface area contributed by atoms with Crippen LogP contribution in [0.25, 0.3) is 0 Å². The van der Waals surface area contributed by atoms with E-state index in [1.54, 1.807) is 0 Å². The molecule has 0 unspecified atom stereocenters. The van der Waals surface area contributed by atoms with Crippen LogP contribution in [0.4, 0.5) is 0 Å². The van der Waals surface area contributed by atoms with Crippen molar-refractivity contribution in [2.75, 3.05) is 52.5 Å². The van der Waals surface area contributed by atoms with Crippen molar-refractivity contribution in [2.45, 2.75) is 246 Å². The quantitative estimate of drug-likeness (QED) is 0.0453. The van der Waals surface area contributed by atoms with E-state index in [2.05, 4.69) is 37.5 Å². The van der Waals surface area contributed by atoms with Gasteiger partial charge in [-0.2, -0.15) is 0 Å². The van der Waals surface area contributed by atoms with Crippen molar-refractivity contribution in [1.82, 2.24) is 9.80 Å². The Labute approximate surface area is 350 Å². The standard InChI is InChI=1S/C50H98N2O4/c1-5-9-13-17-21-25-33-47(34-26-22-18-14-10-6-2)45-55-49(53)37-43-52(42-32-31-41-51-39-29-30-40-51)44-38-50(54)56-46-48(35-27-23-19-15-11-7-3)36-28-24-20-16-12-8-4/h47-48H,5-46H2,1-4H3. The summed E-state index contributed by atoms with van der Waals surface area (Å²) in [5, 5.41) is 0. The van der Waals surface area contributed by atoms with Crippen molar-refractivity contribution >= 4 is 11.9 Å². The number of carbonyl (C=O) groups excluding carboxylic acids is 2. The van der Waals surface area contributed by atoms with E-state index >= 15 is 0 Å². The number of esters is 2. The first-order chi connectivity index (χ1) is 27.5. The Hall–Kier alpha value is -1.14. The average Bonchev–Trinajstić information content (AvgIpc) is 3.73. The first-order valence-electron chi connectivity index (χ1n) is 25.3. The lowest BCUT2D eigenvalue weighted by atomic mass is 9.94. The van der Waals surface area contributed by atoms with E-state index in [1.807, 2.05) is 0 Å². The third kappa shape index (κ3) is 33.8. The van der Waals surface area contributed by atoms with Gasteiger partial charge in [-0.3, -0.25) is 9.59 Å². The second kappa shape index (κ2) is 40.6. The molecule has 56 heavy (non-hydrogen) atoms. The Morgan fingerprint density at radius 1 is 0.446 bits per heavy atom. The summed E-state index contributed by atoms with van der Waals surface area (Å²) in [6.07, 6.45) is 41.9. The number of likely N-dealkylation sites (tertiary alicyclic amines) is 1.